The summed E-state index contributed by atoms with van der Waals surface area (Å²) in [5, 5.41) is 20.8. The fourth-order valence-electron chi connectivity index (χ4n) is 1.88. The van der Waals surface area contributed by atoms with Gasteiger partial charge in [0, 0.05) is 27.4 Å². The van der Waals surface area contributed by atoms with Crippen LogP contribution in [0.4, 0.5) is 0 Å². The molecule has 0 aliphatic heterocycles. The van der Waals surface area contributed by atoms with Crippen LogP contribution in [0.5, 0.6) is 11.5 Å². The number of pyridine rings is 1. The molecule has 3 nitrogen and oxygen atoms in total. The lowest BCUT2D eigenvalue weighted by atomic mass is 10.1. The Morgan fingerprint density at radius 3 is 2.59 bits per heavy atom. The van der Waals surface area contributed by atoms with Crippen molar-refractivity contribution in [2.45, 2.75) is 0 Å². The van der Waals surface area contributed by atoms with Crippen LogP contribution in [0.3, 0.4) is 0 Å². The monoisotopic (exact) mass is 289 g/mol. The number of hydrogen-bond donors (Lipinski definition) is 2. The third kappa shape index (κ3) is 1.70. The van der Waals surface area contributed by atoms with Gasteiger partial charge < -0.3 is 10.2 Å². The maximum absolute atomic E-state index is 9.77. The average Bonchev–Trinajstić information content (AvgIpc) is 2.27. The number of phenols is 2. The second-order valence-electron chi connectivity index (χ2n) is 3.86. The van der Waals surface area contributed by atoms with E-state index in [1.807, 2.05) is 24.3 Å². The van der Waals surface area contributed by atoms with Gasteiger partial charge in [-0.25, -0.2) is 4.98 Å². The normalized spacial score (nSPS) is 11.1. The average molecular weight is 290 g/mol. The Morgan fingerprint density at radius 1 is 0.941 bits per heavy atom. The lowest BCUT2D eigenvalue weighted by Gasteiger charge is -2.04. The zero-order valence-corrected chi connectivity index (χ0v) is 10.3. The molecule has 0 bridgehead atoms. The first-order valence-corrected chi connectivity index (χ1v) is 5.85. The van der Waals surface area contributed by atoms with E-state index in [9.17, 15) is 10.2 Å². The van der Waals surface area contributed by atoms with Gasteiger partial charge >= 0.3 is 0 Å². The minimum atomic E-state index is 0.0129. The maximum Gasteiger partial charge on any atom is 0.128 e. The largest absolute Gasteiger partial charge is 0.508 e. The van der Waals surface area contributed by atoms with E-state index in [1.54, 1.807) is 0 Å². The van der Waals surface area contributed by atoms with Crippen molar-refractivity contribution < 1.29 is 10.2 Å². The summed E-state index contributed by atoms with van der Waals surface area (Å²) in [6, 6.07) is 10.4. The first-order valence-electron chi connectivity index (χ1n) is 5.05. The molecular weight excluding hydrogens is 282 g/mol. The number of aromatic nitrogens is 1. The molecule has 17 heavy (non-hydrogen) atoms. The predicted molar refractivity (Wildman–Crippen MR) is 70.3 cm³/mol. The molecule has 0 atom stereocenters. The third-order valence-corrected chi connectivity index (χ3v) is 3.14. The van der Waals surface area contributed by atoms with E-state index < -0.39 is 0 Å². The molecule has 0 radical (unpaired) electrons. The van der Waals surface area contributed by atoms with E-state index in [1.165, 1.54) is 12.1 Å². The highest BCUT2D eigenvalue weighted by Gasteiger charge is 2.06. The fraction of sp³-hybridized carbons (Fsp3) is 0. The van der Waals surface area contributed by atoms with Crippen molar-refractivity contribution in [3.05, 3.63) is 40.9 Å². The van der Waals surface area contributed by atoms with E-state index in [0.29, 0.717) is 10.9 Å². The van der Waals surface area contributed by atoms with E-state index in [0.717, 1.165) is 15.4 Å². The third-order valence-electron chi connectivity index (χ3n) is 2.65. The van der Waals surface area contributed by atoms with Crippen LogP contribution in [0.15, 0.2) is 40.9 Å². The molecule has 3 aromatic rings. The van der Waals surface area contributed by atoms with Gasteiger partial charge in [0.25, 0.3) is 0 Å². The lowest BCUT2D eigenvalue weighted by molar-refractivity contribution is 0.455. The molecule has 0 unspecified atom stereocenters. The lowest BCUT2D eigenvalue weighted by Crippen LogP contribution is -1.83. The molecule has 3 rings (SSSR count). The van der Waals surface area contributed by atoms with Gasteiger partial charge in [-0.15, -0.1) is 0 Å². The van der Waals surface area contributed by atoms with Gasteiger partial charge in [-0.05, 0) is 24.3 Å². The van der Waals surface area contributed by atoms with Crippen LogP contribution in [-0.2, 0) is 0 Å². The van der Waals surface area contributed by atoms with Crippen molar-refractivity contribution >= 4 is 37.7 Å². The first-order chi connectivity index (χ1) is 8.13. The number of halogens is 1. The summed E-state index contributed by atoms with van der Waals surface area (Å²) >= 11 is 3.40. The zero-order chi connectivity index (χ0) is 12.0. The van der Waals surface area contributed by atoms with Gasteiger partial charge in [0.1, 0.15) is 11.5 Å². The number of nitrogens with zero attached hydrogens (tertiary/aromatic N) is 1. The fourth-order valence-corrected chi connectivity index (χ4v) is 2.26. The van der Waals surface area contributed by atoms with Crippen LogP contribution in [-0.4, -0.2) is 15.2 Å². The minimum Gasteiger partial charge on any atom is -0.508 e. The number of phenolic OH excluding ortho intramolecular Hbond substituents is 2. The molecule has 0 aliphatic rings. The van der Waals surface area contributed by atoms with Crippen LogP contribution < -0.4 is 0 Å². The molecule has 0 aliphatic carbocycles. The second kappa shape index (κ2) is 3.60. The number of hydrogen-bond acceptors (Lipinski definition) is 3. The number of aromatic hydroxyl groups is 2. The highest BCUT2D eigenvalue weighted by Crippen LogP contribution is 2.31. The van der Waals surface area contributed by atoms with E-state index in [-0.39, 0.29) is 11.5 Å². The Hall–Kier alpha value is -1.81. The standard InChI is InChI=1S/C13H8BrNO2/c14-8-1-2-11-7(3-8)4-10-12(15-11)5-9(16)6-13(10)17/h1-6,16-17H. The van der Waals surface area contributed by atoms with Crippen molar-refractivity contribution in [2.75, 3.05) is 0 Å². The maximum atomic E-state index is 9.77. The summed E-state index contributed by atoms with van der Waals surface area (Å²) < 4.78 is 0.962. The summed E-state index contributed by atoms with van der Waals surface area (Å²) in [7, 11) is 0. The van der Waals surface area contributed by atoms with Crippen molar-refractivity contribution in [1.29, 1.82) is 0 Å². The van der Waals surface area contributed by atoms with E-state index >= 15 is 0 Å². The van der Waals surface area contributed by atoms with Crippen LogP contribution >= 0.6 is 15.9 Å². The molecule has 1 heterocycles. The SMILES string of the molecule is Oc1cc(O)c2cc3cc(Br)ccc3nc2c1. The quantitative estimate of drug-likeness (QED) is 0.622. The highest BCUT2D eigenvalue weighted by molar-refractivity contribution is 9.10. The van der Waals surface area contributed by atoms with E-state index in [4.69, 9.17) is 0 Å². The Bertz CT molecular complexity index is 740. The molecule has 0 amide bonds. The Balaban J connectivity index is 2.48. The van der Waals surface area contributed by atoms with Crippen LogP contribution in [0, 0.1) is 0 Å². The zero-order valence-electron chi connectivity index (χ0n) is 8.68. The molecule has 84 valence electrons. The summed E-state index contributed by atoms with van der Waals surface area (Å²) in [5.41, 5.74) is 1.41. The molecular formula is C13H8BrNO2. The van der Waals surface area contributed by atoms with Gasteiger partial charge in [-0.1, -0.05) is 15.9 Å². The topological polar surface area (TPSA) is 53.4 Å². The smallest absolute Gasteiger partial charge is 0.128 e. The Morgan fingerprint density at radius 2 is 1.76 bits per heavy atom. The molecule has 1 aromatic heterocycles. The van der Waals surface area contributed by atoms with Crippen molar-refractivity contribution in [2.24, 2.45) is 0 Å². The van der Waals surface area contributed by atoms with Gasteiger partial charge in [0.15, 0.2) is 0 Å². The number of fused-ring (bicyclic) bond motifs is 2. The molecule has 4 heteroatoms. The summed E-state index contributed by atoms with van der Waals surface area (Å²) in [6.45, 7) is 0. The highest BCUT2D eigenvalue weighted by atomic mass is 79.9. The molecule has 0 spiro atoms. The van der Waals surface area contributed by atoms with E-state index in [2.05, 4.69) is 20.9 Å². The molecule has 0 saturated heterocycles. The molecule has 2 N–H and O–H groups in total. The number of benzene rings is 2. The van der Waals surface area contributed by atoms with Gasteiger partial charge in [0.2, 0.25) is 0 Å². The van der Waals surface area contributed by atoms with Crippen LogP contribution in [0.2, 0.25) is 0 Å². The number of rotatable bonds is 0. The van der Waals surface area contributed by atoms with Crippen molar-refractivity contribution in [3.63, 3.8) is 0 Å². The summed E-state index contributed by atoms with van der Waals surface area (Å²) in [6.07, 6.45) is 0. The Kier molecular flexibility index (Phi) is 2.19. The predicted octanol–water partition coefficient (Wildman–Crippen LogP) is 3.56. The summed E-state index contributed by atoms with van der Waals surface area (Å²) in [4.78, 5) is 4.40. The van der Waals surface area contributed by atoms with Crippen LogP contribution in [0.1, 0.15) is 0 Å². The Labute approximate surface area is 105 Å². The van der Waals surface area contributed by atoms with Crippen LogP contribution in [0.25, 0.3) is 21.8 Å². The first kappa shape index (κ1) is 10.4. The summed E-state index contributed by atoms with van der Waals surface area (Å²) in [5.74, 6) is 0.0494. The van der Waals surface area contributed by atoms with Crippen molar-refractivity contribution in [3.8, 4) is 11.5 Å². The molecule has 2 aromatic carbocycles. The van der Waals surface area contributed by atoms with Gasteiger partial charge in [-0.2, -0.15) is 0 Å². The second-order valence-corrected chi connectivity index (χ2v) is 4.77. The molecule has 0 saturated carbocycles. The minimum absolute atomic E-state index is 0.0129. The van der Waals surface area contributed by atoms with Crippen molar-refractivity contribution in [1.82, 2.24) is 4.98 Å². The molecule has 0 fully saturated rings. The van der Waals surface area contributed by atoms with Gasteiger partial charge in [-0.3, -0.25) is 0 Å². The van der Waals surface area contributed by atoms with Gasteiger partial charge in [0.05, 0.1) is 11.0 Å².